The smallest absolute Gasteiger partial charge is 0.251 e. The van der Waals surface area contributed by atoms with Crippen LogP contribution in [0.15, 0.2) is 24.3 Å². The number of hydrogen-bond acceptors (Lipinski definition) is 5. The van der Waals surface area contributed by atoms with E-state index in [1.807, 2.05) is 24.3 Å². The summed E-state index contributed by atoms with van der Waals surface area (Å²) in [5.74, 6) is 0.970. The summed E-state index contributed by atoms with van der Waals surface area (Å²) in [6.07, 6.45) is -0.565. The Morgan fingerprint density at radius 2 is 2.08 bits per heavy atom. The number of alkyl halides is 2. The summed E-state index contributed by atoms with van der Waals surface area (Å²) in [7, 11) is 0. The predicted molar refractivity (Wildman–Crippen MR) is 87.1 cm³/mol. The fourth-order valence-corrected chi connectivity index (χ4v) is 3.39. The first-order chi connectivity index (χ1) is 11.6. The lowest BCUT2D eigenvalue weighted by Crippen LogP contribution is -2.37. The molecule has 8 heteroatoms. The second kappa shape index (κ2) is 5.94. The highest BCUT2D eigenvalue weighted by Crippen LogP contribution is 2.27. The Bertz CT molecular complexity index is 878. The Kier molecular flexibility index (Phi) is 3.76. The molecule has 1 aromatic carbocycles. The fraction of sp³-hybridized carbons (Fsp3) is 0.438. The van der Waals surface area contributed by atoms with Crippen LogP contribution >= 0.6 is 0 Å². The highest BCUT2D eigenvalue weighted by atomic mass is 19.3. The highest BCUT2D eigenvalue weighted by molar-refractivity contribution is 5.92. The molecule has 6 nitrogen and oxygen atoms in total. The Labute approximate surface area is 137 Å². The molecule has 0 amide bonds. The van der Waals surface area contributed by atoms with E-state index in [1.165, 1.54) is 0 Å². The van der Waals surface area contributed by atoms with Gasteiger partial charge in [0.15, 0.2) is 11.5 Å². The number of aromatic nitrogens is 4. The number of rotatable bonds is 3. The summed E-state index contributed by atoms with van der Waals surface area (Å²) in [6.45, 7) is 1.05. The maximum absolute atomic E-state index is 12.6. The van der Waals surface area contributed by atoms with Crippen molar-refractivity contribution in [2.24, 2.45) is 0 Å². The van der Waals surface area contributed by atoms with Gasteiger partial charge < -0.3 is 5.73 Å². The molecule has 2 N–H and O–H groups in total. The van der Waals surface area contributed by atoms with E-state index >= 15 is 0 Å². The van der Waals surface area contributed by atoms with Crippen molar-refractivity contribution in [2.75, 3.05) is 25.4 Å². The second-order valence-electron chi connectivity index (χ2n) is 6.18. The average Bonchev–Trinajstić information content (AvgIpc) is 3.01. The fourth-order valence-electron chi connectivity index (χ4n) is 3.39. The molecule has 1 saturated heterocycles. The van der Waals surface area contributed by atoms with Crippen LogP contribution in [0.2, 0.25) is 0 Å². The zero-order valence-corrected chi connectivity index (χ0v) is 13.1. The maximum Gasteiger partial charge on any atom is 0.251 e. The number of hydrogen-bond donors (Lipinski definition) is 1. The van der Waals surface area contributed by atoms with Gasteiger partial charge in [-0.1, -0.05) is 12.1 Å². The van der Waals surface area contributed by atoms with Crippen LogP contribution < -0.4 is 5.73 Å². The minimum atomic E-state index is -2.32. The van der Waals surface area contributed by atoms with Crippen molar-refractivity contribution in [1.29, 1.82) is 0 Å². The van der Waals surface area contributed by atoms with Gasteiger partial charge in [-0.15, -0.1) is 5.10 Å². The second-order valence-corrected chi connectivity index (χ2v) is 6.18. The van der Waals surface area contributed by atoms with Gasteiger partial charge >= 0.3 is 0 Å². The molecule has 126 valence electrons. The summed E-state index contributed by atoms with van der Waals surface area (Å²) in [5.41, 5.74) is 7.43. The van der Waals surface area contributed by atoms with Crippen LogP contribution in [0.3, 0.4) is 0 Å². The first-order valence-corrected chi connectivity index (χ1v) is 8.03. The quantitative estimate of drug-likeness (QED) is 0.797. The average molecular weight is 332 g/mol. The van der Waals surface area contributed by atoms with Crippen molar-refractivity contribution in [3.8, 4) is 0 Å². The minimum Gasteiger partial charge on any atom is -0.368 e. The summed E-state index contributed by atoms with van der Waals surface area (Å²) in [5, 5.41) is 5.38. The summed E-state index contributed by atoms with van der Waals surface area (Å²) < 4.78 is 26.8. The number of nitrogen functional groups attached to an aromatic ring is 1. The lowest BCUT2D eigenvalue weighted by atomic mass is 9.97. The molecule has 0 bridgehead atoms. The maximum atomic E-state index is 12.6. The predicted octanol–water partition coefficient (Wildman–Crippen LogP) is 2.30. The number of halogens is 2. The number of anilines is 1. The van der Waals surface area contributed by atoms with Crippen molar-refractivity contribution in [2.45, 2.75) is 25.2 Å². The number of likely N-dealkylation sites (tertiary alicyclic amines) is 1. The Balaban J connectivity index is 1.72. The molecule has 24 heavy (non-hydrogen) atoms. The number of piperidine rings is 1. The van der Waals surface area contributed by atoms with Gasteiger partial charge in [0.1, 0.15) is 0 Å². The molecule has 3 heterocycles. The van der Waals surface area contributed by atoms with Crippen LogP contribution in [0.25, 0.3) is 16.6 Å². The van der Waals surface area contributed by atoms with Gasteiger partial charge in [0, 0.05) is 17.8 Å². The number of nitrogens with zero attached hydrogens (tertiary/aromatic N) is 5. The molecule has 2 aromatic heterocycles. The van der Waals surface area contributed by atoms with E-state index in [0.717, 1.165) is 23.7 Å². The number of para-hydroxylation sites is 1. The van der Waals surface area contributed by atoms with Crippen LogP contribution in [0.5, 0.6) is 0 Å². The Hall–Kier alpha value is -2.35. The monoisotopic (exact) mass is 332 g/mol. The molecular weight excluding hydrogens is 314 g/mol. The summed E-state index contributed by atoms with van der Waals surface area (Å²) >= 11 is 0. The highest BCUT2D eigenvalue weighted by Gasteiger charge is 2.27. The zero-order chi connectivity index (χ0) is 16.7. The number of fused-ring (bicyclic) bond motifs is 3. The lowest BCUT2D eigenvalue weighted by Gasteiger charge is -2.30. The summed E-state index contributed by atoms with van der Waals surface area (Å²) in [6, 6.07) is 7.62. The zero-order valence-electron chi connectivity index (χ0n) is 13.1. The molecule has 0 radical (unpaired) electrons. The van der Waals surface area contributed by atoms with E-state index in [1.54, 1.807) is 9.42 Å². The van der Waals surface area contributed by atoms with Crippen LogP contribution in [-0.2, 0) is 0 Å². The molecule has 3 aromatic rings. The minimum absolute atomic E-state index is 0.0376. The van der Waals surface area contributed by atoms with Gasteiger partial charge in [-0.2, -0.15) is 4.52 Å². The van der Waals surface area contributed by atoms with E-state index < -0.39 is 6.43 Å². The van der Waals surface area contributed by atoms with E-state index in [2.05, 4.69) is 15.1 Å². The molecule has 0 unspecified atom stereocenters. The van der Waals surface area contributed by atoms with Crippen molar-refractivity contribution in [1.82, 2.24) is 24.5 Å². The molecule has 0 spiro atoms. The largest absolute Gasteiger partial charge is 0.368 e. The van der Waals surface area contributed by atoms with Crippen LogP contribution in [0, 0.1) is 0 Å². The van der Waals surface area contributed by atoms with E-state index in [9.17, 15) is 8.78 Å². The van der Waals surface area contributed by atoms with Gasteiger partial charge in [0.05, 0.1) is 12.1 Å². The van der Waals surface area contributed by atoms with Crippen molar-refractivity contribution < 1.29 is 8.78 Å². The third kappa shape index (κ3) is 2.66. The van der Waals surface area contributed by atoms with E-state index in [-0.39, 0.29) is 18.4 Å². The molecule has 1 aliphatic rings. The van der Waals surface area contributed by atoms with E-state index in [0.29, 0.717) is 24.6 Å². The normalized spacial score (nSPS) is 19.5. The van der Waals surface area contributed by atoms with Crippen LogP contribution in [0.4, 0.5) is 14.7 Å². The van der Waals surface area contributed by atoms with Crippen LogP contribution in [0.1, 0.15) is 24.6 Å². The Morgan fingerprint density at radius 1 is 1.25 bits per heavy atom. The third-order valence-electron chi connectivity index (χ3n) is 4.49. The first-order valence-electron chi connectivity index (χ1n) is 8.03. The van der Waals surface area contributed by atoms with Gasteiger partial charge in [-0.05, 0) is 31.5 Å². The number of nitrogens with two attached hydrogens (primary N) is 1. The van der Waals surface area contributed by atoms with Gasteiger partial charge in [-0.25, -0.2) is 18.7 Å². The SMILES string of the molecule is Nc1nc2ccccc2c2nc([C@@H]3CCCN(CC(F)F)C3)nn12. The topological polar surface area (TPSA) is 72.3 Å². The van der Waals surface area contributed by atoms with Crippen molar-refractivity contribution in [3.05, 3.63) is 30.1 Å². The molecule has 1 atom stereocenters. The molecule has 1 aliphatic heterocycles. The van der Waals surface area contributed by atoms with E-state index in [4.69, 9.17) is 5.73 Å². The van der Waals surface area contributed by atoms with Gasteiger partial charge in [0.2, 0.25) is 5.95 Å². The van der Waals surface area contributed by atoms with Crippen molar-refractivity contribution >= 4 is 22.5 Å². The molecule has 0 aliphatic carbocycles. The van der Waals surface area contributed by atoms with Gasteiger partial charge in [0.25, 0.3) is 6.43 Å². The number of benzene rings is 1. The van der Waals surface area contributed by atoms with Crippen LogP contribution in [-0.4, -0.2) is 50.5 Å². The molecule has 1 fully saturated rings. The van der Waals surface area contributed by atoms with Gasteiger partial charge in [-0.3, -0.25) is 4.90 Å². The molecule has 4 rings (SSSR count). The lowest BCUT2D eigenvalue weighted by molar-refractivity contribution is 0.0731. The molecule has 0 saturated carbocycles. The summed E-state index contributed by atoms with van der Waals surface area (Å²) in [4.78, 5) is 10.8. The third-order valence-corrected chi connectivity index (χ3v) is 4.49. The Morgan fingerprint density at radius 3 is 2.92 bits per heavy atom. The standard InChI is InChI=1S/C16H18F2N6/c17-13(18)9-23-7-3-4-10(8-23)14-21-15-11-5-1-2-6-12(11)20-16(19)24(15)22-14/h1-2,5-6,10,13H,3-4,7-9H2,(H2,19,20)/t10-/m1/s1. The first kappa shape index (κ1) is 15.2. The van der Waals surface area contributed by atoms with Crippen molar-refractivity contribution in [3.63, 3.8) is 0 Å². The molecular formula is C16H18F2N6.